The minimum Gasteiger partial charge on any atom is -0.497 e. The second-order valence-corrected chi connectivity index (χ2v) is 8.03. The first-order chi connectivity index (χ1) is 16.0. The van der Waals surface area contributed by atoms with Crippen molar-refractivity contribution in [1.82, 2.24) is 0 Å². The molecule has 1 fully saturated rings. The molecule has 6 heteroatoms. The van der Waals surface area contributed by atoms with E-state index in [1.165, 1.54) is 0 Å². The zero-order valence-electron chi connectivity index (χ0n) is 19.0. The van der Waals surface area contributed by atoms with Crippen LogP contribution in [0.5, 0.6) is 17.2 Å². The van der Waals surface area contributed by atoms with Gasteiger partial charge in [-0.1, -0.05) is 35.9 Å². The van der Waals surface area contributed by atoms with E-state index in [2.05, 4.69) is 0 Å². The Hall–Kier alpha value is -3.80. The normalized spacial score (nSPS) is 18.0. The molecule has 0 aliphatic carbocycles. The van der Waals surface area contributed by atoms with Gasteiger partial charge in [0.05, 0.1) is 26.2 Å². The molecule has 1 amide bonds. The molecule has 3 aromatic rings. The topological polar surface area (TPSA) is 65.1 Å². The summed E-state index contributed by atoms with van der Waals surface area (Å²) in [6.45, 7) is 1.99. The third-order valence-corrected chi connectivity index (χ3v) is 5.95. The zero-order chi connectivity index (χ0) is 23.4. The van der Waals surface area contributed by atoms with Crippen LogP contribution in [0.15, 0.2) is 72.8 Å². The summed E-state index contributed by atoms with van der Waals surface area (Å²) in [5.74, 6) is 0.733. The fourth-order valence-corrected chi connectivity index (χ4v) is 4.25. The van der Waals surface area contributed by atoms with E-state index in [-0.39, 0.29) is 18.3 Å². The molecule has 2 atom stereocenters. The standard InChI is InChI=1S/C27H27NO5/c1-18-8-10-19(11-9-18)28-25(29)17-16-23(26(28)22-6-4-5-7-24(22)32-3)27(30)33-21-14-12-20(31-2)13-15-21/h4-15,23,26H,16-17H2,1-3H3. The zero-order valence-corrected chi connectivity index (χ0v) is 19.0. The van der Waals surface area contributed by atoms with Gasteiger partial charge in [0, 0.05) is 17.7 Å². The number of hydrogen-bond donors (Lipinski definition) is 0. The van der Waals surface area contributed by atoms with Gasteiger partial charge in [0.15, 0.2) is 0 Å². The number of esters is 1. The number of aryl methyl sites for hydroxylation is 1. The van der Waals surface area contributed by atoms with Crippen molar-refractivity contribution < 1.29 is 23.8 Å². The monoisotopic (exact) mass is 445 g/mol. The molecule has 33 heavy (non-hydrogen) atoms. The van der Waals surface area contributed by atoms with Gasteiger partial charge in [-0.25, -0.2) is 0 Å². The first-order valence-electron chi connectivity index (χ1n) is 10.9. The Balaban J connectivity index is 1.74. The molecule has 1 aliphatic heterocycles. The Labute approximate surface area is 193 Å². The first-order valence-corrected chi connectivity index (χ1v) is 10.9. The summed E-state index contributed by atoms with van der Waals surface area (Å²) in [4.78, 5) is 28.3. The van der Waals surface area contributed by atoms with E-state index in [0.29, 0.717) is 23.7 Å². The van der Waals surface area contributed by atoms with Crippen LogP contribution in [0.2, 0.25) is 0 Å². The minimum absolute atomic E-state index is 0.0387. The highest BCUT2D eigenvalue weighted by Crippen LogP contribution is 2.43. The summed E-state index contributed by atoms with van der Waals surface area (Å²) in [6.07, 6.45) is 0.640. The van der Waals surface area contributed by atoms with Crippen LogP contribution in [0.25, 0.3) is 0 Å². The molecule has 2 unspecified atom stereocenters. The van der Waals surface area contributed by atoms with E-state index in [4.69, 9.17) is 14.2 Å². The number of ether oxygens (including phenoxy) is 3. The van der Waals surface area contributed by atoms with Gasteiger partial charge in [-0.3, -0.25) is 9.59 Å². The van der Waals surface area contributed by atoms with Gasteiger partial charge >= 0.3 is 5.97 Å². The van der Waals surface area contributed by atoms with Crippen molar-refractivity contribution in [2.45, 2.75) is 25.8 Å². The summed E-state index contributed by atoms with van der Waals surface area (Å²) in [5.41, 5.74) is 2.60. The predicted octanol–water partition coefficient (Wildman–Crippen LogP) is 5.10. The molecule has 6 nitrogen and oxygen atoms in total. The quantitative estimate of drug-likeness (QED) is 0.390. The summed E-state index contributed by atoms with van der Waals surface area (Å²) in [7, 11) is 3.17. The molecule has 0 bridgehead atoms. The fraction of sp³-hybridized carbons (Fsp3) is 0.259. The number of para-hydroxylation sites is 1. The SMILES string of the molecule is COc1ccc(OC(=O)C2CCC(=O)N(c3ccc(C)cc3)C2c2ccccc2OC)cc1. The summed E-state index contributed by atoms with van der Waals surface area (Å²) < 4.78 is 16.5. The van der Waals surface area contributed by atoms with Gasteiger partial charge < -0.3 is 19.1 Å². The lowest BCUT2D eigenvalue weighted by atomic mass is 9.83. The molecule has 0 aromatic heterocycles. The van der Waals surface area contributed by atoms with E-state index in [9.17, 15) is 9.59 Å². The number of anilines is 1. The lowest BCUT2D eigenvalue weighted by Crippen LogP contribution is -2.46. The van der Waals surface area contributed by atoms with Crippen LogP contribution in [0.3, 0.4) is 0 Å². The van der Waals surface area contributed by atoms with Crippen LogP contribution in [-0.2, 0) is 9.59 Å². The predicted molar refractivity (Wildman–Crippen MR) is 126 cm³/mol. The van der Waals surface area contributed by atoms with Gasteiger partial charge in [0.2, 0.25) is 5.91 Å². The van der Waals surface area contributed by atoms with E-state index < -0.39 is 12.0 Å². The van der Waals surface area contributed by atoms with Gasteiger partial charge in [-0.15, -0.1) is 0 Å². The lowest BCUT2D eigenvalue weighted by Gasteiger charge is -2.40. The van der Waals surface area contributed by atoms with E-state index in [1.54, 1.807) is 43.4 Å². The smallest absolute Gasteiger partial charge is 0.316 e. The summed E-state index contributed by atoms with van der Waals surface area (Å²) in [5, 5.41) is 0. The Morgan fingerprint density at radius 3 is 2.21 bits per heavy atom. The van der Waals surface area contributed by atoms with Crippen LogP contribution >= 0.6 is 0 Å². The lowest BCUT2D eigenvalue weighted by molar-refractivity contribution is -0.141. The third kappa shape index (κ3) is 4.70. The number of benzene rings is 3. The molecule has 0 spiro atoms. The van der Waals surface area contributed by atoms with Crippen LogP contribution in [-0.4, -0.2) is 26.1 Å². The summed E-state index contributed by atoms with van der Waals surface area (Å²) >= 11 is 0. The third-order valence-electron chi connectivity index (χ3n) is 5.95. The number of nitrogens with zero attached hydrogens (tertiary/aromatic N) is 1. The molecule has 0 saturated carbocycles. The van der Waals surface area contributed by atoms with Crippen molar-refractivity contribution >= 4 is 17.6 Å². The van der Waals surface area contributed by atoms with Gasteiger partial charge in [-0.05, 0) is 55.8 Å². The van der Waals surface area contributed by atoms with Gasteiger partial charge in [0.25, 0.3) is 0 Å². The maximum atomic E-state index is 13.4. The van der Waals surface area contributed by atoms with Crippen LogP contribution < -0.4 is 19.1 Å². The Bertz CT molecular complexity index is 1120. The highest BCUT2D eigenvalue weighted by molar-refractivity contribution is 5.97. The second kappa shape index (κ2) is 9.77. The van der Waals surface area contributed by atoms with Crippen molar-refractivity contribution in [3.63, 3.8) is 0 Å². The van der Waals surface area contributed by atoms with Crippen molar-refractivity contribution in [3.05, 3.63) is 83.9 Å². The molecule has 3 aromatic carbocycles. The molecular weight excluding hydrogens is 418 g/mol. The number of carbonyl (C=O) groups excluding carboxylic acids is 2. The molecule has 170 valence electrons. The number of hydrogen-bond acceptors (Lipinski definition) is 5. The minimum atomic E-state index is -0.567. The highest BCUT2D eigenvalue weighted by atomic mass is 16.5. The molecule has 0 N–H and O–H groups in total. The Morgan fingerprint density at radius 1 is 0.879 bits per heavy atom. The van der Waals surface area contributed by atoms with Crippen LogP contribution in [0.4, 0.5) is 5.69 Å². The number of piperidine rings is 1. The van der Waals surface area contributed by atoms with E-state index in [0.717, 1.165) is 16.8 Å². The summed E-state index contributed by atoms with van der Waals surface area (Å²) in [6, 6.07) is 21.5. The molecule has 1 saturated heterocycles. The van der Waals surface area contributed by atoms with Gasteiger partial charge in [-0.2, -0.15) is 0 Å². The molecule has 1 aliphatic rings. The van der Waals surface area contributed by atoms with E-state index >= 15 is 0 Å². The Kier molecular flexibility index (Phi) is 6.63. The first kappa shape index (κ1) is 22.4. The second-order valence-electron chi connectivity index (χ2n) is 8.03. The van der Waals surface area contributed by atoms with Crippen molar-refractivity contribution in [2.75, 3.05) is 19.1 Å². The van der Waals surface area contributed by atoms with Crippen molar-refractivity contribution in [1.29, 1.82) is 0 Å². The largest absolute Gasteiger partial charge is 0.497 e. The van der Waals surface area contributed by atoms with Crippen molar-refractivity contribution in [2.24, 2.45) is 5.92 Å². The molecule has 0 radical (unpaired) electrons. The van der Waals surface area contributed by atoms with Crippen LogP contribution in [0.1, 0.15) is 30.0 Å². The van der Waals surface area contributed by atoms with Gasteiger partial charge in [0.1, 0.15) is 17.2 Å². The number of rotatable bonds is 6. The molecule has 1 heterocycles. The molecular formula is C27H27NO5. The average molecular weight is 446 g/mol. The fourth-order valence-electron chi connectivity index (χ4n) is 4.25. The number of amides is 1. The maximum Gasteiger partial charge on any atom is 0.316 e. The average Bonchev–Trinajstić information content (AvgIpc) is 2.85. The van der Waals surface area contributed by atoms with Crippen LogP contribution in [0, 0.1) is 12.8 Å². The highest BCUT2D eigenvalue weighted by Gasteiger charge is 2.43. The molecule has 4 rings (SSSR count). The van der Waals surface area contributed by atoms with Crippen molar-refractivity contribution in [3.8, 4) is 17.2 Å². The van der Waals surface area contributed by atoms with E-state index in [1.807, 2.05) is 55.5 Å². The maximum absolute atomic E-state index is 13.4. The number of carbonyl (C=O) groups is 2. The number of methoxy groups -OCH3 is 2. The Morgan fingerprint density at radius 2 is 1.55 bits per heavy atom.